The highest BCUT2D eigenvalue weighted by Crippen LogP contribution is 2.08. The number of amides is 2. The van der Waals surface area contributed by atoms with E-state index in [1.54, 1.807) is 0 Å². The molecule has 0 radical (unpaired) electrons. The maximum atomic E-state index is 10.8. The van der Waals surface area contributed by atoms with Crippen LogP contribution in [0.1, 0.15) is 18.1 Å². The lowest BCUT2D eigenvalue weighted by Gasteiger charge is -2.07. The Morgan fingerprint density at radius 3 is 2.40 bits per heavy atom. The molecule has 0 saturated carbocycles. The lowest BCUT2D eigenvalue weighted by atomic mass is 10.0. The van der Waals surface area contributed by atoms with Crippen LogP contribution in [-0.4, -0.2) is 11.8 Å². The zero-order valence-electron chi connectivity index (χ0n) is 8.62. The molecule has 0 aliphatic rings. The van der Waals surface area contributed by atoms with Crippen molar-refractivity contribution in [3.63, 3.8) is 0 Å². The van der Waals surface area contributed by atoms with Gasteiger partial charge in [0.25, 0.3) is 0 Å². The number of nitrogens with two attached hydrogens (primary N) is 1. The molecule has 0 heterocycles. The standard InChI is InChI=1S/C11H14N2O2/c1-8(14)13-7-10-5-3-2-4-9(10)6-11(12)15/h2-5H,6-7H2,1H3,(H2,12,15)(H,13,14). The van der Waals surface area contributed by atoms with Crippen molar-refractivity contribution in [2.24, 2.45) is 5.73 Å². The summed E-state index contributed by atoms with van der Waals surface area (Å²) in [4.78, 5) is 21.5. The molecule has 0 aliphatic heterocycles. The van der Waals surface area contributed by atoms with E-state index in [2.05, 4.69) is 5.32 Å². The van der Waals surface area contributed by atoms with Crippen LogP contribution >= 0.6 is 0 Å². The summed E-state index contributed by atoms with van der Waals surface area (Å²) in [7, 11) is 0. The summed E-state index contributed by atoms with van der Waals surface area (Å²) >= 11 is 0. The molecule has 1 aromatic rings. The number of benzene rings is 1. The Kier molecular flexibility index (Phi) is 3.85. The van der Waals surface area contributed by atoms with Crippen molar-refractivity contribution >= 4 is 11.8 Å². The van der Waals surface area contributed by atoms with Crippen molar-refractivity contribution in [1.29, 1.82) is 0 Å². The topological polar surface area (TPSA) is 72.2 Å². The highest BCUT2D eigenvalue weighted by molar-refractivity contribution is 5.77. The van der Waals surface area contributed by atoms with Crippen molar-refractivity contribution in [2.45, 2.75) is 19.9 Å². The minimum absolute atomic E-state index is 0.0936. The molecule has 15 heavy (non-hydrogen) atoms. The molecule has 3 N–H and O–H groups in total. The third-order valence-corrected chi connectivity index (χ3v) is 2.01. The molecule has 0 spiro atoms. The smallest absolute Gasteiger partial charge is 0.221 e. The minimum Gasteiger partial charge on any atom is -0.369 e. The van der Waals surface area contributed by atoms with Crippen molar-refractivity contribution in [1.82, 2.24) is 5.32 Å². The number of nitrogens with one attached hydrogen (secondary N) is 1. The SMILES string of the molecule is CC(=O)NCc1ccccc1CC(N)=O. The van der Waals surface area contributed by atoms with Gasteiger partial charge in [-0.25, -0.2) is 0 Å². The molecule has 0 unspecified atom stereocenters. The fraction of sp³-hybridized carbons (Fsp3) is 0.273. The molecule has 4 heteroatoms. The molecule has 80 valence electrons. The van der Waals surface area contributed by atoms with Crippen LogP contribution in [0.15, 0.2) is 24.3 Å². The van der Waals surface area contributed by atoms with Gasteiger partial charge in [-0.2, -0.15) is 0 Å². The molecule has 1 rings (SSSR count). The predicted molar refractivity (Wildman–Crippen MR) is 56.9 cm³/mol. The van der Waals surface area contributed by atoms with Crippen LogP contribution in [0.2, 0.25) is 0 Å². The van der Waals surface area contributed by atoms with Gasteiger partial charge in [-0.05, 0) is 11.1 Å². The van der Waals surface area contributed by atoms with Crippen molar-refractivity contribution in [3.05, 3.63) is 35.4 Å². The Morgan fingerprint density at radius 2 is 1.87 bits per heavy atom. The Labute approximate surface area is 88.5 Å². The first-order valence-electron chi connectivity index (χ1n) is 4.69. The first kappa shape index (κ1) is 11.2. The summed E-state index contributed by atoms with van der Waals surface area (Å²) in [5, 5.41) is 2.68. The van der Waals surface area contributed by atoms with Crippen LogP contribution < -0.4 is 11.1 Å². The van der Waals surface area contributed by atoms with E-state index < -0.39 is 0 Å². The van der Waals surface area contributed by atoms with Crippen LogP contribution in [0.4, 0.5) is 0 Å². The van der Waals surface area contributed by atoms with E-state index in [1.807, 2.05) is 24.3 Å². The fourth-order valence-corrected chi connectivity index (χ4v) is 1.31. The van der Waals surface area contributed by atoms with E-state index in [4.69, 9.17) is 5.73 Å². The lowest BCUT2D eigenvalue weighted by molar-refractivity contribution is -0.119. The van der Waals surface area contributed by atoms with Crippen LogP contribution in [0.3, 0.4) is 0 Å². The van der Waals surface area contributed by atoms with Gasteiger partial charge in [0.1, 0.15) is 0 Å². The van der Waals surface area contributed by atoms with Gasteiger partial charge in [0.15, 0.2) is 0 Å². The van der Waals surface area contributed by atoms with Crippen LogP contribution in [-0.2, 0) is 22.6 Å². The lowest BCUT2D eigenvalue weighted by Crippen LogP contribution is -2.21. The largest absolute Gasteiger partial charge is 0.369 e. The first-order valence-corrected chi connectivity index (χ1v) is 4.69. The molecular weight excluding hydrogens is 192 g/mol. The highest BCUT2D eigenvalue weighted by Gasteiger charge is 2.04. The van der Waals surface area contributed by atoms with Gasteiger partial charge in [-0.1, -0.05) is 24.3 Å². The molecule has 4 nitrogen and oxygen atoms in total. The number of rotatable bonds is 4. The average molecular weight is 206 g/mol. The quantitative estimate of drug-likeness (QED) is 0.746. The summed E-state index contributed by atoms with van der Waals surface area (Å²) in [5.41, 5.74) is 6.91. The van der Waals surface area contributed by atoms with Gasteiger partial charge in [0.05, 0.1) is 6.42 Å². The maximum Gasteiger partial charge on any atom is 0.221 e. The molecular formula is C11H14N2O2. The number of carbonyl (C=O) groups excluding carboxylic acids is 2. The van der Waals surface area contributed by atoms with Gasteiger partial charge in [0, 0.05) is 13.5 Å². The summed E-state index contributed by atoms with van der Waals surface area (Å²) in [6.07, 6.45) is 0.204. The fourth-order valence-electron chi connectivity index (χ4n) is 1.31. The second-order valence-corrected chi connectivity index (χ2v) is 3.32. The van der Waals surface area contributed by atoms with Gasteiger partial charge < -0.3 is 11.1 Å². The first-order chi connectivity index (χ1) is 7.09. The maximum absolute atomic E-state index is 10.8. The average Bonchev–Trinajstić information content (AvgIpc) is 2.15. The third kappa shape index (κ3) is 3.81. The summed E-state index contributed by atoms with van der Waals surface area (Å²) in [6.45, 7) is 1.88. The van der Waals surface area contributed by atoms with Crippen LogP contribution in [0, 0.1) is 0 Å². The summed E-state index contributed by atoms with van der Waals surface area (Å²) in [5.74, 6) is -0.464. The molecule has 1 aromatic carbocycles. The van der Waals surface area contributed by atoms with Gasteiger partial charge in [-0.3, -0.25) is 9.59 Å². The molecule has 2 amide bonds. The summed E-state index contributed by atoms with van der Waals surface area (Å²) < 4.78 is 0. The van der Waals surface area contributed by atoms with E-state index in [-0.39, 0.29) is 18.2 Å². The Balaban J connectivity index is 2.76. The molecule has 0 fully saturated rings. The number of hydrogen-bond acceptors (Lipinski definition) is 2. The van der Waals surface area contributed by atoms with Crippen molar-refractivity contribution in [2.75, 3.05) is 0 Å². The summed E-state index contributed by atoms with van der Waals surface area (Å²) in [6, 6.07) is 7.41. The Morgan fingerprint density at radius 1 is 1.27 bits per heavy atom. The van der Waals surface area contributed by atoms with Crippen LogP contribution in [0.5, 0.6) is 0 Å². The van der Waals surface area contributed by atoms with Crippen molar-refractivity contribution < 1.29 is 9.59 Å². The molecule has 0 aromatic heterocycles. The van der Waals surface area contributed by atoms with Crippen LogP contribution in [0.25, 0.3) is 0 Å². The minimum atomic E-state index is -0.370. The Bertz CT molecular complexity index is 375. The molecule has 0 atom stereocenters. The monoisotopic (exact) mass is 206 g/mol. The van der Waals surface area contributed by atoms with Crippen molar-refractivity contribution in [3.8, 4) is 0 Å². The van der Waals surface area contributed by atoms with Gasteiger partial charge in [-0.15, -0.1) is 0 Å². The second-order valence-electron chi connectivity index (χ2n) is 3.32. The van der Waals surface area contributed by atoms with Gasteiger partial charge in [0.2, 0.25) is 11.8 Å². The Hall–Kier alpha value is -1.84. The zero-order chi connectivity index (χ0) is 11.3. The molecule has 0 saturated heterocycles. The van der Waals surface area contributed by atoms with E-state index in [9.17, 15) is 9.59 Å². The highest BCUT2D eigenvalue weighted by atomic mass is 16.1. The van der Waals surface area contributed by atoms with E-state index >= 15 is 0 Å². The predicted octanol–water partition coefficient (Wildman–Crippen LogP) is 0.351. The van der Waals surface area contributed by atoms with E-state index in [0.29, 0.717) is 6.54 Å². The van der Waals surface area contributed by atoms with E-state index in [0.717, 1.165) is 11.1 Å². The third-order valence-electron chi connectivity index (χ3n) is 2.01. The number of carbonyl (C=O) groups is 2. The normalized spacial score (nSPS) is 9.67. The molecule has 0 bridgehead atoms. The zero-order valence-corrected chi connectivity index (χ0v) is 8.62. The number of hydrogen-bond donors (Lipinski definition) is 2. The molecule has 0 aliphatic carbocycles. The van der Waals surface area contributed by atoms with Gasteiger partial charge >= 0.3 is 0 Å². The number of primary amides is 1. The van der Waals surface area contributed by atoms with E-state index in [1.165, 1.54) is 6.92 Å². The second kappa shape index (κ2) is 5.14.